The highest BCUT2D eigenvalue weighted by Gasteiger charge is 2.12. The van der Waals surface area contributed by atoms with Gasteiger partial charge in [-0.25, -0.2) is 14.8 Å². The zero-order chi connectivity index (χ0) is 12.3. The SMILES string of the molecule is CCOC(=O)c1c[nH]c(-c2cccc(C)n2)n1. The normalized spacial score (nSPS) is 10.2. The number of esters is 1. The van der Waals surface area contributed by atoms with Crippen molar-refractivity contribution in [2.45, 2.75) is 13.8 Å². The second kappa shape index (κ2) is 4.78. The van der Waals surface area contributed by atoms with Gasteiger partial charge in [0.05, 0.1) is 6.61 Å². The molecule has 88 valence electrons. The van der Waals surface area contributed by atoms with Gasteiger partial charge in [-0.2, -0.15) is 0 Å². The number of rotatable bonds is 3. The number of aryl methyl sites for hydroxylation is 1. The molecule has 2 heterocycles. The van der Waals surface area contributed by atoms with E-state index in [9.17, 15) is 4.79 Å². The fourth-order valence-corrected chi connectivity index (χ4v) is 1.44. The van der Waals surface area contributed by atoms with Crippen LogP contribution < -0.4 is 0 Å². The highest BCUT2D eigenvalue weighted by atomic mass is 16.5. The smallest absolute Gasteiger partial charge is 0.358 e. The summed E-state index contributed by atoms with van der Waals surface area (Å²) in [5, 5.41) is 0. The molecular formula is C12H13N3O2. The number of ether oxygens (including phenoxy) is 1. The lowest BCUT2D eigenvalue weighted by Gasteiger charge is -1.97. The van der Waals surface area contributed by atoms with Gasteiger partial charge in [0, 0.05) is 11.9 Å². The molecule has 5 nitrogen and oxygen atoms in total. The number of carbonyl (C=O) groups is 1. The lowest BCUT2D eigenvalue weighted by Crippen LogP contribution is -2.04. The minimum atomic E-state index is -0.428. The summed E-state index contributed by atoms with van der Waals surface area (Å²) < 4.78 is 4.86. The van der Waals surface area contributed by atoms with Crippen LogP contribution in [0, 0.1) is 6.92 Å². The number of hydrogen-bond acceptors (Lipinski definition) is 4. The maximum Gasteiger partial charge on any atom is 0.358 e. The predicted octanol–water partition coefficient (Wildman–Crippen LogP) is 1.96. The Morgan fingerprint density at radius 1 is 1.41 bits per heavy atom. The fraction of sp³-hybridized carbons (Fsp3) is 0.250. The molecule has 0 aliphatic carbocycles. The van der Waals surface area contributed by atoms with Gasteiger partial charge in [-0.15, -0.1) is 0 Å². The van der Waals surface area contributed by atoms with Crippen LogP contribution in [0.4, 0.5) is 0 Å². The largest absolute Gasteiger partial charge is 0.461 e. The first-order valence-corrected chi connectivity index (χ1v) is 5.37. The van der Waals surface area contributed by atoms with Gasteiger partial charge in [0.2, 0.25) is 0 Å². The van der Waals surface area contributed by atoms with Crippen LogP contribution in [0.1, 0.15) is 23.1 Å². The zero-order valence-electron chi connectivity index (χ0n) is 9.73. The molecule has 0 aliphatic heterocycles. The molecule has 0 radical (unpaired) electrons. The first-order valence-electron chi connectivity index (χ1n) is 5.37. The summed E-state index contributed by atoms with van der Waals surface area (Å²) in [6.07, 6.45) is 1.53. The summed E-state index contributed by atoms with van der Waals surface area (Å²) in [6.45, 7) is 4.00. The first-order chi connectivity index (χ1) is 8.20. The number of nitrogens with zero attached hydrogens (tertiary/aromatic N) is 2. The predicted molar refractivity (Wildman–Crippen MR) is 62.5 cm³/mol. The van der Waals surface area contributed by atoms with E-state index in [1.165, 1.54) is 6.20 Å². The van der Waals surface area contributed by atoms with Crippen molar-refractivity contribution in [2.24, 2.45) is 0 Å². The van der Waals surface area contributed by atoms with E-state index in [0.29, 0.717) is 18.1 Å². The van der Waals surface area contributed by atoms with Crippen molar-refractivity contribution in [1.29, 1.82) is 0 Å². The Hall–Kier alpha value is -2.17. The molecule has 0 aliphatic rings. The Bertz CT molecular complexity index is 534. The van der Waals surface area contributed by atoms with Gasteiger partial charge in [0.25, 0.3) is 0 Å². The Labute approximate surface area is 98.9 Å². The molecule has 0 unspecified atom stereocenters. The number of hydrogen-bond donors (Lipinski definition) is 1. The summed E-state index contributed by atoms with van der Waals surface area (Å²) in [6, 6.07) is 5.63. The molecule has 0 atom stereocenters. The van der Waals surface area contributed by atoms with Gasteiger partial charge in [-0.05, 0) is 26.0 Å². The highest BCUT2D eigenvalue weighted by Crippen LogP contribution is 2.13. The highest BCUT2D eigenvalue weighted by molar-refractivity contribution is 5.87. The minimum Gasteiger partial charge on any atom is -0.461 e. The molecule has 1 N–H and O–H groups in total. The molecular weight excluding hydrogens is 218 g/mol. The van der Waals surface area contributed by atoms with Gasteiger partial charge in [-0.3, -0.25) is 0 Å². The number of aromatic amines is 1. The maximum atomic E-state index is 11.4. The van der Waals surface area contributed by atoms with Crippen molar-refractivity contribution >= 4 is 5.97 Å². The average Bonchev–Trinajstić information content (AvgIpc) is 2.78. The Kier molecular flexibility index (Phi) is 3.18. The Morgan fingerprint density at radius 2 is 2.24 bits per heavy atom. The van der Waals surface area contributed by atoms with E-state index in [2.05, 4.69) is 15.0 Å². The average molecular weight is 231 g/mol. The van der Waals surface area contributed by atoms with Crippen molar-refractivity contribution in [2.75, 3.05) is 6.61 Å². The number of aromatic nitrogens is 3. The van der Waals surface area contributed by atoms with Crippen molar-refractivity contribution in [3.63, 3.8) is 0 Å². The molecule has 0 amide bonds. The zero-order valence-corrected chi connectivity index (χ0v) is 9.73. The van der Waals surface area contributed by atoms with E-state index >= 15 is 0 Å². The molecule has 0 saturated heterocycles. The van der Waals surface area contributed by atoms with Crippen molar-refractivity contribution in [1.82, 2.24) is 15.0 Å². The van der Waals surface area contributed by atoms with E-state index in [4.69, 9.17) is 4.74 Å². The van der Waals surface area contributed by atoms with Gasteiger partial charge in [0.15, 0.2) is 11.5 Å². The molecule has 2 rings (SSSR count). The number of H-pyrrole nitrogens is 1. The van der Waals surface area contributed by atoms with Crippen LogP contribution in [0.3, 0.4) is 0 Å². The summed E-state index contributed by atoms with van der Waals surface area (Å²) in [7, 11) is 0. The number of nitrogens with one attached hydrogen (secondary N) is 1. The third-order valence-electron chi connectivity index (χ3n) is 2.19. The lowest BCUT2D eigenvalue weighted by molar-refractivity contribution is 0.0520. The fourth-order valence-electron chi connectivity index (χ4n) is 1.44. The quantitative estimate of drug-likeness (QED) is 0.820. The Morgan fingerprint density at radius 3 is 2.94 bits per heavy atom. The van der Waals surface area contributed by atoms with E-state index in [-0.39, 0.29) is 5.69 Å². The van der Waals surface area contributed by atoms with E-state index in [0.717, 1.165) is 5.69 Å². The second-order valence-corrected chi connectivity index (χ2v) is 3.52. The second-order valence-electron chi connectivity index (χ2n) is 3.52. The van der Waals surface area contributed by atoms with Crippen LogP contribution in [0.2, 0.25) is 0 Å². The van der Waals surface area contributed by atoms with Crippen LogP contribution in [-0.4, -0.2) is 27.5 Å². The number of imidazole rings is 1. The molecule has 0 spiro atoms. The summed E-state index contributed by atoms with van der Waals surface area (Å²) in [5.74, 6) is 0.138. The van der Waals surface area contributed by atoms with E-state index in [1.807, 2.05) is 25.1 Å². The summed E-state index contributed by atoms with van der Waals surface area (Å²) in [4.78, 5) is 22.8. The standard InChI is InChI=1S/C12H13N3O2/c1-3-17-12(16)10-7-13-11(15-10)9-6-4-5-8(2)14-9/h4-7H,3H2,1-2H3,(H,13,15). The third kappa shape index (κ3) is 2.50. The van der Waals surface area contributed by atoms with Crippen LogP contribution in [0.5, 0.6) is 0 Å². The van der Waals surface area contributed by atoms with Crippen molar-refractivity contribution < 1.29 is 9.53 Å². The molecule has 2 aromatic rings. The van der Waals surface area contributed by atoms with Crippen LogP contribution >= 0.6 is 0 Å². The molecule has 17 heavy (non-hydrogen) atoms. The molecule has 0 saturated carbocycles. The molecule has 0 aromatic carbocycles. The monoisotopic (exact) mass is 231 g/mol. The van der Waals surface area contributed by atoms with Crippen LogP contribution in [-0.2, 0) is 4.74 Å². The van der Waals surface area contributed by atoms with Crippen LogP contribution in [0.25, 0.3) is 11.5 Å². The van der Waals surface area contributed by atoms with Crippen molar-refractivity contribution in [3.8, 4) is 11.5 Å². The van der Waals surface area contributed by atoms with Gasteiger partial charge >= 0.3 is 5.97 Å². The lowest BCUT2D eigenvalue weighted by atomic mass is 10.3. The number of pyridine rings is 1. The summed E-state index contributed by atoms with van der Waals surface area (Å²) >= 11 is 0. The molecule has 5 heteroatoms. The van der Waals surface area contributed by atoms with Crippen molar-refractivity contribution in [3.05, 3.63) is 35.8 Å². The first kappa shape index (κ1) is 11.3. The van der Waals surface area contributed by atoms with Gasteiger partial charge < -0.3 is 9.72 Å². The van der Waals surface area contributed by atoms with E-state index < -0.39 is 5.97 Å². The molecule has 2 aromatic heterocycles. The van der Waals surface area contributed by atoms with Gasteiger partial charge in [-0.1, -0.05) is 6.07 Å². The van der Waals surface area contributed by atoms with Crippen LogP contribution in [0.15, 0.2) is 24.4 Å². The molecule has 0 bridgehead atoms. The molecule has 0 fully saturated rings. The van der Waals surface area contributed by atoms with E-state index in [1.54, 1.807) is 6.92 Å². The number of carbonyl (C=O) groups excluding carboxylic acids is 1. The third-order valence-corrected chi connectivity index (χ3v) is 2.19. The topological polar surface area (TPSA) is 67.9 Å². The van der Waals surface area contributed by atoms with Gasteiger partial charge in [0.1, 0.15) is 5.69 Å². The Balaban J connectivity index is 2.27. The minimum absolute atomic E-state index is 0.269. The maximum absolute atomic E-state index is 11.4. The summed E-state index contributed by atoms with van der Waals surface area (Å²) in [5.41, 5.74) is 1.88.